The van der Waals surface area contributed by atoms with E-state index in [-0.39, 0.29) is 5.91 Å². The number of methoxy groups -OCH3 is 1. The van der Waals surface area contributed by atoms with Crippen molar-refractivity contribution in [3.8, 4) is 5.75 Å². The summed E-state index contributed by atoms with van der Waals surface area (Å²) in [6, 6.07) is 11.8. The number of hydrogen-bond acceptors (Lipinski definition) is 4. The van der Waals surface area contributed by atoms with E-state index in [1.165, 1.54) is 7.11 Å². The van der Waals surface area contributed by atoms with Crippen molar-refractivity contribution < 1.29 is 19.1 Å². The maximum atomic E-state index is 12.3. The molecule has 0 saturated heterocycles. The van der Waals surface area contributed by atoms with Crippen LogP contribution in [0.5, 0.6) is 5.75 Å². The first kappa shape index (κ1) is 17.8. The number of halogens is 1. The van der Waals surface area contributed by atoms with Crippen molar-refractivity contribution in [3.63, 3.8) is 0 Å². The number of hydrogen-bond donors (Lipinski definition) is 1. The fourth-order valence-corrected chi connectivity index (χ4v) is 2.21. The third-order valence-corrected chi connectivity index (χ3v) is 3.63. The summed E-state index contributed by atoms with van der Waals surface area (Å²) >= 11 is 5.89. The Balaban J connectivity index is 2.09. The largest absolute Gasteiger partial charge is 0.481 e. The maximum Gasteiger partial charge on any atom is 0.337 e. The molecule has 1 unspecified atom stereocenters. The van der Waals surface area contributed by atoms with Gasteiger partial charge in [-0.05, 0) is 49.7 Å². The highest BCUT2D eigenvalue weighted by Crippen LogP contribution is 2.20. The number of benzene rings is 2. The summed E-state index contributed by atoms with van der Waals surface area (Å²) in [6.07, 6.45) is -0.732. The lowest BCUT2D eigenvalue weighted by molar-refractivity contribution is -0.122. The minimum absolute atomic E-state index is 0.333. The van der Waals surface area contributed by atoms with Crippen molar-refractivity contribution in [2.45, 2.75) is 20.0 Å². The minimum atomic E-state index is -0.732. The standard InChI is InChI=1S/C18H18ClNO4/c1-11-7-8-13(18(22)23-3)9-16(11)20-17(21)12(2)24-15-6-4-5-14(19)10-15/h4-10,12H,1-3H3,(H,20,21). The van der Waals surface area contributed by atoms with Gasteiger partial charge >= 0.3 is 5.97 Å². The predicted octanol–water partition coefficient (Wildman–Crippen LogP) is 3.84. The lowest BCUT2D eigenvalue weighted by atomic mass is 10.1. The van der Waals surface area contributed by atoms with Crippen LogP contribution in [0.1, 0.15) is 22.8 Å². The lowest BCUT2D eigenvalue weighted by Gasteiger charge is -2.16. The van der Waals surface area contributed by atoms with Gasteiger partial charge < -0.3 is 14.8 Å². The van der Waals surface area contributed by atoms with Crippen molar-refractivity contribution in [1.82, 2.24) is 0 Å². The van der Waals surface area contributed by atoms with Crippen molar-refractivity contribution in [1.29, 1.82) is 0 Å². The average molecular weight is 348 g/mol. The van der Waals surface area contributed by atoms with E-state index in [4.69, 9.17) is 16.3 Å². The molecule has 5 nitrogen and oxygen atoms in total. The molecule has 2 rings (SSSR count). The third kappa shape index (κ3) is 4.49. The second-order valence-corrected chi connectivity index (χ2v) is 5.66. The van der Waals surface area contributed by atoms with Gasteiger partial charge in [-0.15, -0.1) is 0 Å². The Morgan fingerprint density at radius 1 is 1.17 bits per heavy atom. The zero-order valence-electron chi connectivity index (χ0n) is 13.6. The molecule has 6 heteroatoms. The highest BCUT2D eigenvalue weighted by atomic mass is 35.5. The number of aryl methyl sites for hydroxylation is 1. The fourth-order valence-electron chi connectivity index (χ4n) is 2.03. The molecule has 0 heterocycles. The van der Waals surface area contributed by atoms with E-state index in [0.29, 0.717) is 22.0 Å². The number of esters is 1. The second-order valence-electron chi connectivity index (χ2n) is 5.23. The quantitative estimate of drug-likeness (QED) is 0.834. The summed E-state index contributed by atoms with van der Waals surface area (Å²) in [4.78, 5) is 23.9. The number of anilines is 1. The molecule has 1 N–H and O–H groups in total. The first-order valence-electron chi connectivity index (χ1n) is 7.32. The Hall–Kier alpha value is -2.53. The number of amides is 1. The first-order valence-corrected chi connectivity index (χ1v) is 7.70. The molecule has 0 fully saturated rings. The van der Waals surface area contributed by atoms with E-state index in [2.05, 4.69) is 10.1 Å². The molecule has 0 spiro atoms. The monoisotopic (exact) mass is 347 g/mol. The van der Waals surface area contributed by atoms with Crippen LogP contribution in [-0.2, 0) is 9.53 Å². The van der Waals surface area contributed by atoms with Crippen molar-refractivity contribution in [3.05, 3.63) is 58.6 Å². The van der Waals surface area contributed by atoms with Gasteiger partial charge in [0.2, 0.25) is 0 Å². The van der Waals surface area contributed by atoms with Crippen molar-refractivity contribution in [2.24, 2.45) is 0 Å². The zero-order valence-corrected chi connectivity index (χ0v) is 14.4. The Labute approximate surface area is 145 Å². The lowest BCUT2D eigenvalue weighted by Crippen LogP contribution is -2.30. The Bertz CT molecular complexity index is 760. The highest BCUT2D eigenvalue weighted by Gasteiger charge is 2.17. The van der Waals surface area contributed by atoms with Gasteiger partial charge in [-0.2, -0.15) is 0 Å². The van der Waals surface area contributed by atoms with Crippen LogP contribution in [0.2, 0.25) is 5.02 Å². The first-order chi connectivity index (χ1) is 11.4. The molecule has 1 amide bonds. The number of nitrogens with one attached hydrogen (secondary N) is 1. The van der Waals surface area contributed by atoms with E-state index >= 15 is 0 Å². The van der Waals surface area contributed by atoms with Gasteiger partial charge in [-0.25, -0.2) is 4.79 Å². The maximum absolute atomic E-state index is 12.3. The highest BCUT2D eigenvalue weighted by molar-refractivity contribution is 6.30. The number of carbonyl (C=O) groups excluding carboxylic acids is 2. The molecule has 0 bridgehead atoms. The van der Waals surface area contributed by atoms with E-state index < -0.39 is 12.1 Å². The van der Waals surface area contributed by atoms with Gasteiger partial charge in [0, 0.05) is 10.7 Å². The molecule has 2 aromatic carbocycles. The SMILES string of the molecule is COC(=O)c1ccc(C)c(NC(=O)C(C)Oc2cccc(Cl)c2)c1. The van der Waals surface area contributed by atoms with Crippen molar-refractivity contribution >= 4 is 29.2 Å². The van der Waals surface area contributed by atoms with E-state index in [1.54, 1.807) is 49.4 Å². The van der Waals surface area contributed by atoms with E-state index in [9.17, 15) is 9.59 Å². The Morgan fingerprint density at radius 2 is 1.92 bits per heavy atom. The van der Waals surface area contributed by atoms with Gasteiger partial charge in [0.15, 0.2) is 6.10 Å². The third-order valence-electron chi connectivity index (χ3n) is 3.39. The van der Waals surface area contributed by atoms with Gasteiger partial charge in [0.1, 0.15) is 5.75 Å². The molecule has 1 atom stereocenters. The summed E-state index contributed by atoms with van der Waals surface area (Å²) in [6.45, 7) is 3.47. The summed E-state index contributed by atoms with van der Waals surface area (Å²) in [5, 5.41) is 3.29. The van der Waals surface area contributed by atoms with Crippen molar-refractivity contribution in [2.75, 3.05) is 12.4 Å². The number of ether oxygens (including phenoxy) is 2. The van der Waals surface area contributed by atoms with E-state index in [1.807, 2.05) is 6.92 Å². The molecule has 0 saturated carbocycles. The van der Waals surface area contributed by atoms with Crippen LogP contribution in [0.3, 0.4) is 0 Å². The van der Waals surface area contributed by atoms with Crippen LogP contribution >= 0.6 is 11.6 Å². The van der Waals surface area contributed by atoms with E-state index in [0.717, 1.165) is 5.56 Å². The van der Waals surface area contributed by atoms with Crippen LogP contribution in [-0.4, -0.2) is 25.1 Å². The van der Waals surface area contributed by atoms with Gasteiger partial charge in [-0.1, -0.05) is 23.7 Å². The molecular weight excluding hydrogens is 330 g/mol. The van der Waals surface area contributed by atoms with Crippen LogP contribution in [0.4, 0.5) is 5.69 Å². The summed E-state index contributed by atoms with van der Waals surface area (Å²) in [5.41, 5.74) is 1.72. The zero-order chi connectivity index (χ0) is 17.7. The van der Waals surface area contributed by atoms with Crippen LogP contribution in [0.25, 0.3) is 0 Å². The van der Waals surface area contributed by atoms with Crippen LogP contribution in [0, 0.1) is 6.92 Å². The molecule has 126 valence electrons. The Kier molecular flexibility index (Phi) is 5.82. The van der Waals surface area contributed by atoms with Gasteiger partial charge in [0.25, 0.3) is 5.91 Å². The van der Waals surface area contributed by atoms with Crippen LogP contribution < -0.4 is 10.1 Å². The van der Waals surface area contributed by atoms with Gasteiger partial charge in [-0.3, -0.25) is 4.79 Å². The normalized spacial score (nSPS) is 11.5. The molecule has 0 aliphatic heterocycles. The molecule has 24 heavy (non-hydrogen) atoms. The summed E-state index contributed by atoms with van der Waals surface area (Å²) in [7, 11) is 1.31. The topological polar surface area (TPSA) is 64.6 Å². The average Bonchev–Trinajstić information content (AvgIpc) is 2.56. The Morgan fingerprint density at radius 3 is 2.58 bits per heavy atom. The predicted molar refractivity (Wildman–Crippen MR) is 92.7 cm³/mol. The number of rotatable bonds is 5. The molecule has 0 aliphatic carbocycles. The second kappa shape index (κ2) is 7.84. The van der Waals surface area contributed by atoms with Crippen LogP contribution in [0.15, 0.2) is 42.5 Å². The molecule has 0 aliphatic rings. The molecule has 0 radical (unpaired) electrons. The summed E-state index contributed by atoms with van der Waals surface area (Å²) < 4.78 is 10.3. The molecule has 2 aromatic rings. The molecular formula is C18H18ClNO4. The molecule has 0 aromatic heterocycles. The number of carbonyl (C=O) groups is 2. The smallest absolute Gasteiger partial charge is 0.337 e. The van der Waals surface area contributed by atoms with Gasteiger partial charge in [0.05, 0.1) is 12.7 Å². The minimum Gasteiger partial charge on any atom is -0.481 e. The summed E-state index contributed by atoms with van der Waals surface area (Å²) in [5.74, 6) is -0.293. The fraction of sp³-hybridized carbons (Fsp3) is 0.222.